The average molecular weight is 234 g/mol. The molecule has 2 heterocycles. The second-order valence-corrected chi connectivity index (χ2v) is 5.06. The van der Waals surface area contributed by atoms with Crippen LogP contribution >= 0.6 is 0 Å². The standard InChI is InChI=1S/C13H18N2O2/c1-9-5-10(2)8-15(7-9)12-4-3-11(6-14-12)13(16)17/h3-4,6,9-10H,5,7-8H2,1-2H3,(H,16,17)/t9-,10+. The Morgan fingerprint density at radius 3 is 2.47 bits per heavy atom. The van der Waals surface area contributed by atoms with E-state index in [1.807, 2.05) is 0 Å². The van der Waals surface area contributed by atoms with Gasteiger partial charge in [-0.15, -0.1) is 0 Å². The lowest BCUT2D eigenvalue weighted by Crippen LogP contribution is -2.39. The number of piperidine rings is 1. The van der Waals surface area contributed by atoms with Gasteiger partial charge in [-0.25, -0.2) is 9.78 Å². The van der Waals surface area contributed by atoms with E-state index in [2.05, 4.69) is 23.7 Å². The molecule has 4 nitrogen and oxygen atoms in total. The van der Waals surface area contributed by atoms with Crippen LogP contribution in [0.25, 0.3) is 0 Å². The Hall–Kier alpha value is -1.58. The van der Waals surface area contributed by atoms with E-state index in [1.165, 1.54) is 12.6 Å². The summed E-state index contributed by atoms with van der Waals surface area (Å²) in [6.45, 7) is 6.50. The van der Waals surface area contributed by atoms with Gasteiger partial charge >= 0.3 is 5.97 Å². The number of aromatic nitrogens is 1. The molecule has 92 valence electrons. The largest absolute Gasteiger partial charge is 0.478 e. The fraction of sp³-hybridized carbons (Fsp3) is 0.538. The van der Waals surface area contributed by atoms with Gasteiger partial charge in [0, 0.05) is 19.3 Å². The molecular weight excluding hydrogens is 216 g/mol. The fourth-order valence-electron chi connectivity index (χ4n) is 2.55. The molecule has 1 aliphatic heterocycles. The summed E-state index contributed by atoms with van der Waals surface area (Å²) in [6, 6.07) is 3.42. The first kappa shape index (κ1) is 11.9. The Morgan fingerprint density at radius 2 is 2.00 bits per heavy atom. The molecule has 0 unspecified atom stereocenters. The van der Waals surface area contributed by atoms with Crippen molar-refractivity contribution in [1.82, 2.24) is 4.98 Å². The lowest BCUT2D eigenvalue weighted by molar-refractivity contribution is 0.0696. The highest BCUT2D eigenvalue weighted by atomic mass is 16.4. The summed E-state index contributed by atoms with van der Waals surface area (Å²) in [7, 11) is 0. The third kappa shape index (κ3) is 2.75. The van der Waals surface area contributed by atoms with Crippen molar-refractivity contribution in [1.29, 1.82) is 0 Å². The normalized spacial score (nSPS) is 24.7. The zero-order valence-corrected chi connectivity index (χ0v) is 10.3. The number of rotatable bonds is 2. The summed E-state index contributed by atoms with van der Waals surface area (Å²) in [5.74, 6) is 1.29. The van der Waals surface area contributed by atoms with E-state index in [1.54, 1.807) is 12.1 Å². The SMILES string of the molecule is C[C@@H]1C[C@H](C)CN(c2ccc(C(=O)O)cn2)C1. The van der Waals surface area contributed by atoms with E-state index in [4.69, 9.17) is 5.11 Å². The van der Waals surface area contributed by atoms with Gasteiger partial charge in [-0.05, 0) is 30.4 Å². The molecule has 1 aliphatic rings. The van der Waals surface area contributed by atoms with Crippen molar-refractivity contribution in [2.75, 3.05) is 18.0 Å². The molecule has 0 spiro atoms. The van der Waals surface area contributed by atoms with Crippen LogP contribution < -0.4 is 4.90 Å². The first-order valence-corrected chi connectivity index (χ1v) is 6.00. The maximum absolute atomic E-state index is 10.7. The van der Waals surface area contributed by atoms with Gasteiger partial charge in [-0.3, -0.25) is 0 Å². The van der Waals surface area contributed by atoms with E-state index in [9.17, 15) is 4.79 Å². The smallest absolute Gasteiger partial charge is 0.337 e. The molecule has 0 radical (unpaired) electrons. The average Bonchev–Trinajstić information content (AvgIpc) is 2.28. The first-order chi connectivity index (χ1) is 8.06. The molecule has 0 amide bonds. The first-order valence-electron chi connectivity index (χ1n) is 6.00. The van der Waals surface area contributed by atoms with Gasteiger partial charge < -0.3 is 10.0 Å². The minimum absolute atomic E-state index is 0.242. The number of hydrogen-bond donors (Lipinski definition) is 1. The highest BCUT2D eigenvalue weighted by molar-refractivity contribution is 5.87. The zero-order chi connectivity index (χ0) is 12.4. The minimum atomic E-state index is -0.926. The van der Waals surface area contributed by atoms with Gasteiger partial charge in [-0.1, -0.05) is 13.8 Å². The van der Waals surface area contributed by atoms with E-state index < -0.39 is 5.97 Å². The highest BCUT2D eigenvalue weighted by Crippen LogP contribution is 2.24. The van der Waals surface area contributed by atoms with E-state index in [-0.39, 0.29) is 5.56 Å². The summed E-state index contributed by atoms with van der Waals surface area (Å²) >= 11 is 0. The van der Waals surface area contributed by atoms with Crippen molar-refractivity contribution in [3.63, 3.8) is 0 Å². The summed E-state index contributed by atoms with van der Waals surface area (Å²) in [6.07, 6.45) is 2.69. The zero-order valence-electron chi connectivity index (χ0n) is 10.3. The van der Waals surface area contributed by atoms with E-state index in [0.29, 0.717) is 11.8 Å². The molecule has 17 heavy (non-hydrogen) atoms. The molecule has 0 saturated carbocycles. The Morgan fingerprint density at radius 1 is 1.35 bits per heavy atom. The topological polar surface area (TPSA) is 53.4 Å². The van der Waals surface area contributed by atoms with Gasteiger partial charge in [0.25, 0.3) is 0 Å². The minimum Gasteiger partial charge on any atom is -0.478 e. The number of carboxylic acid groups (broad SMARTS) is 1. The number of pyridine rings is 1. The molecule has 2 atom stereocenters. The Kier molecular flexibility index (Phi) is 3.31. The van der Waals surface area contributed by atoms with Crippen LogP contribution in [0.2, 0.25) is 0 Å². The summed E-state index contributed by atoms with van der Waals surface area (Å²) in [5.41, 5.74) is 0.242. The van der Waals surface area contributed by atoms with Crippen molar-refractivity contribution in [2.45, 2.75) is 20.3 Å². The number of nitrogens with zero attached hydrogens (tertiary/aromatic N) is 2. The lowest BCUT2D eigenvalue weighted by Gasteiger charge is -2.35. The number of anilines is 1. The van der Waals surface area contributed by atoms with Crippen LogP contribution in [0.1, 0.15) is 30.6 Å². The number of hydrogen-bond acceptors (Lipinski definition) is 3. The molecule has 1 N–H and O–H groups in total. The predicted octanol–water partition coefficient (Wildman–Crippen LogP) is 2.26. The molecule has 1 aromatic heterocycles. The van der Waals surface area contributed by atoms with Gasteiger partial charge in [-0.2, -0.15) is 0 Å². The third-order valence-corrected chi connectivity index (χ3v) is 3.19. The van der Waals surface area contributed by atoms with Gasteiger partial charge in [0.05, 0.1) is 5.56 Å². The molecule has 4 heteroatoms. The van der Waals surface area contributed by atoms with Crippen molar-refractivity contribution in [3.8, 4) is 0 Å². The van der Waals surface area contributed by atoms with Crippen LogP contribution in [0.3, 0.4) is 0 Å². The molecule has 0 bridgehead atoms. The maximum atomic E-state index is 10.7. The molecule has 2 rings (SSSR count). The Labute approximate surface area is 101 Å². The van der Waals surface area contributed by atoms with E-state index in [0.717, 1.165) is 18.9 Å². The highest BCUT2D eigenvalue weighted by Gasteiger charge is 2.22. The number of carbonyl (C=O) groups is 1. The Balaban J connectivity index is 2.14. The molecule has 0 aromatic carbocycles. The second kappa shape index (κ2) is 4.73. The van der Waals surface area contributed by atoms with Crippen molar-refractivity contribution in [3.05, 3.63) is 23.9 Å². The predicted molar refractivity (Wildman–Crippen MR) is 66.4 cm³/mol. The summed E-state index contributed by atoms with van der Waals surface area (Å²) < 4.78 is 0. The van der Waals surface area contributed by atoms with Gasteiger partial charge in [0.1, 0.15) is 5.82 Å². The number of aromatic carboxylic acids is 1. The van der Waals surface area contributed by atoms with Crippen LogP contribution in [-0.4, -0.2) is 29.1 Å². The second-order valence-electron chi connectivity index (χ2n) is 5.06. The monoisotopic (exact) mass is 234 g/mol. The molecule has 1 aromatic rings. The van der Waals surface area contributed by atoms with Crippen molar-refractivity contribution < 1.29 is 9.90 Å². The molecule has 1 saturated heterocycles. The summed E-state index contributed by atoms with van der Waals surface area (Å²) in [5, 5.41) is 8.82. The Bertz CT molecular complexity index is 392. The molecular formula is C13H18N2O2. The van der Waals surface area contributed by atoms with Crippen LogP contribution in [0, 0.1) is 11.8 Å². The fourth-order valence-corrected chi connectivity index (χ4v) is 2.55. The van der Waals surface area contributed by atoms with Crippen LogP contribution in [0.15, 0.2) is 18.3 Å². The molecule has 1 fully saturated rings. The van der Waals surface area contributed by atoms with Crippen LogP contribution in [0.4, 0.5) is 5.82 Å². The van der Waals surface area contributed by atoms with Crippen molar-refractivity contribution >= 4 is 11.8 Å². The van der Waals surface area contributed by atoms with Crippen LogP contribution in [-0.2, 0) is 0 Å². The molecule has 0 aliphatic carbocycles. The van der Waals surface area contributed by atoms with Gasteiger partial charge in [0.15, 0.2) is 0 Å². The third-order valence-electron chi connectivity index (χ3n) is 3.19. The van der Waals surface area contributed by atoms with Crippen molar-refractivity contribution in [2.24, 2.45) is 11.8 Å². The van der Waals surface area contributed by atoms with E-state index >= 15 is 0 Å². The maximum Gasteiger partial charge on any atom is 0.337 e. The quantitative estimate of drug-likeness (QED) is 0.852. The summed E-state index contributed by atoms with van der Waals surface area (Å²) in [4.78, 5) is 17.2. The lowest BCUT2D eigenvalue weighted by atomic mass is 9.92. The van der Waals surface area contributed by atoms with Crippen LogP contribution in [0.5, 0.6) is 0 Å². The number of carboxylic acids is 1. The van der Waals surface area contributed by atoms with Gasteiger partial charge in [0.2, 0.25) is 0 Å².